The first kappa shape index (κ1) is 39.4. The summed E-state index contributed by atoms with van der Waals surface area (Å²) < 4.78 is 48.0. The number of aromatic nitrogens is 1. The Labute approximate surface area is 322 Å². The number of hydrogen-bond acceptors (Lipinski definition) is 8. The average Bonchev–Trinajstić information content (AvgIpc) is 3.15. The standard InChI is InChI=1S/C20H16Cl2N4O2.C19H13F3N2O3/c21-15-9-13(23)5-7-17(15)25-19(27)11-1-2-12(4-3-11)20(28)26-18-8-6-14(24)10-16(18)22;20-19(21,22)13-6-11-17(23-12-13)26-15-7-9-16(10-8-15)27-18(25)24-14-4-2-1-3-5-14/h1-10H,23-24H2,(H,25,27)(H,26,28);1-12H,(H,24,25). The van der Waals surface area contributed by atoms with Crippen LogP contribution in [-0.4, -0.2) is 22.9 Å². The SMILES string of the molecule is Nc1ccc(NC(=O)c2ccc(C(=O)Nc3ccc(N)cc3Cl)cc2)c(Cl)c1.O=C(Nc1ccccc1)Oc1ccc(Oc2ccc(C(F)(F)F)cn2)cc1. The summed E-state index contributed by atoms with van der Waals surface area (Å²) in [6, 6.07) is 32.6. The number of hydrogen-bond donors (Lipinski definition) is 5. The smallest absolute Gasteiger partial charge is 0.417 e. The van der Waals surface area contributed by atoms with Crippen molar-refractivity contribution in [2.24, 2.45) is 0 Å². The lowest BCUT2D eigenvalue weighted by Crippen LogP contribution is -2.16. The molecule has 6 aromatic rings. The van der Waals surface area contributed by atoms with Crippen molar-refractivity contribution in [2.75, 3.05) is 27.4 Å². The zero-order valence-corrected chi connectivity index (χ0v) is 29.7. The molecule has 0 aliphatic rings. The molecule has 5 aromatic carbocycles. The molecule has 0 saturated carbocycles. The van der Waals surface area contributed by atoms with Gasteiger partial charge in [0.1, 0.15) is 11.5 Å². The fraction of sp³-hybridized carbons (Fsp3) is 0.0256. The van der Waals surface area contributed by atoms with E-state index < -0.39 is 17.8 Å². The first-order valence-electron chi connectivity index (χ1n) is 15.9. The van der Waals surface area contributed by atoms with Crippen molar-refractivity contribution in [3.8, 4) is 17.4 Å². The van der Waals surface area contributed by atoms with Crippen LogP contribution in [0.15, 0.2) is 134 Å². The van der Waals surface area contributed by atoms with E-state index in [2.05, 4.69) is 20.9 Å². The first-order valence-corrected chi connectivity index (χ1v) is 16.7. The Morgan fingerprint density at radius 3 is 1.58 bits per heavy atom. The molecule has 1 aromatic heterocycles. The molecule has 280 valence electrons. The molecule has 0 radical (unpaired) electrons. The summed E-state index contributed by atoms with van der Waals surface area (Å²) in [5.41, 5.74) is 13.6. The molecule has 0 fully saturated rings. The number of pyridine rings is 1. The predicted octanol–water partition coefficient (Wildman–Crippen LogP) is 10.2. The molecule has 55 heavy (non-hydrogen) atoms. The van der Waals surface area contributed by atoms with Gasteiger partial charge < -0.3 is 31.6 Å². The number of amides is 3. The fourth-order valence-corrected chi connectivity index (χ4v) is 4.98. The number of anilines is 5. The molecule has 0 bridgehead atoms. The Bertz CT molecular complexity index is 2190. The van der Waals surface area contributed by atoms with Crippen LogP contribution >= 0.6 is 23.2 Å². The van der Waals surface area contributed by atoms with Crippen molar-refractivity contribution in [1.29, 1.82) is 0 Å². The number of nitrogens with one attached hydrogen (secondary N) is 3. The minimum Gasteiger partial charge on any atom is -0.439 e. The number of para-hydroxylation sites is 1. The molecular formula is C39H29Cl2F3N6O5. The largest absolute Gasteiger partial charge is 0.439 e. The van der Waals surface area contributed by atoms with Gasteiger partial charge in [0.25, 0.3) is 11.8 Å². The third-order valence-electron chi connectivity index (χ3n) is 7.23. The van der Waals surface area contributed by atoms with Crippen LogP contribution in [-0.2, 0) is 6.18 Å². The monoisotopic (exact) mass is 788 g/mol. The maximum absolute atomic E-state index is 12.5. The van der Waals surface area contributed by atoms with Gasteiger partial charge in [-0.25, -0.2) is 9.78 Å². The lowest BCUT2D eigenvalue weighted by molar-refractivity contribution is -0.137. The van der Waals surface area contributed by atoms with E-state index in [1.807, 2.05) is 6.07 Å². The van der Waals surface area contributed by atoms with E-state index in [1.165, 1.54) is 24.3 Å². The van der Waals surface area contributed by atoms with E-state index in [0.29, 0.717) is 61.6 Å². The molecular weight excluding hydrogens is 760 g/mol. The maximum atomic E-state index is 12.5. The highest BCUT2D eigenvalue weighted by atomic mass is 35.5. The first-order chi connectivity index (χ1) is 26.2. The number of rotatable bonds is 8. The highest BCUT2D eigenvalue weighted by Gasteiger charge is 2.30. The third-order valence-corrected chi connectivity index (χ3v) is 7.86. The summed E-state index contributed by atoms with van der Waals surface area (Å²) in [4.78, 5) is 40.2. The van der Waals surface area contributed by atoms with Gasteiger partial charge in [-0.05, 0) is 103 Å². The van der Waals surface area contributed by atoms with Crippen LogP contribution in [0.5, 0.6) is 17.4 Å². The molecule has 11 nitrogen and oxygen atoms in total. The topological polar surface area (TPSA) is 171 Å². The van der Waals surface area contributed by atoms with E-state index in [-0.39, 0.29) is 23.4 Å². The van der Waals surface area contributed by atoms with Crippen LogP contribution in [0.1, 0.15) is 26.3 Å². The zero-order valence-electron chi connectivity index (χ0n) is 28.2. The summed E-state index contributed by atoms with van der Waals surface area (Å²) in [5.74, 6) is -0.104. The van der Waals surface area contributed by atoms with Crippen LogP contribution in [0, 0.1) is 0 Å². The molecule has 3 amide bonds. The molecule has 0 saturated heterocycles. The lowest BCUT2D eigenvalue weighted by atomic mass is 10.1. The summed E-state index contributed by atoms with van der Waals surface area (Å²) in [7, 11) is 0. The van der Waals surface area contributed by atoms with Gasteiger partial charge in [-0.3, -0.25) is 14.9 Å². The number of alkyl halides is 3. The Kier molecular flexibility index (Phi) is 12.8. The normalized spacial score (nSPS) is 10.6. The van der Waals surface area contributed by atoms with Gasteiger partial charge in [0.2, 0.25) is 5.88 Å². The van der Waals surface area contributed by atoms with Crippen molar-refractivity contribution >= 4 is 69.5 Å². The molecule has 0 aliphatic heterocycles. The molecule has 6 rings (SSSR count). The Hall–Kier alpha value is -6.77. The van der Waals surface area contributed by atoms with Crippen molar-refractivity contribution in [3.05, 3.63) is 160 Å². The molecule has 0 aliphatic carbocycles. The second-order valence-corrected chi connectivity index (χ2v) is 12.1. The van der Waals surface area contributed by atoms with Crippen LogP contribution in [0.4, 0.5) is 46.4 Å². The molecule has 0 atom stereocenters. The number of halogens is 5. The van der Waals surface area contributed by atoms with Gasteiger partial charge in [-0.15, -0.1) is 0 Å². The number of nitrogens with zero attached hydrogens (tertiary/aromatic N) is 1. The van der Waals surface area contributed by atoms with E-state index >= 15 is 0 Å². The van der Waals surface area contributed by atoms with Crippen molar-refractivity contribution in [2.45, 2.75) is 6.18 Å². The minimum atomic E-state index is -4.45. The van der Waals surface area contributed by atoms with Crippen molar-refractivity contribution in [3.63, 3.8) is 0 Å². The van der Waals surface area contributed by atoms with Crippen LogP contribution in [0.25, 0.3) is 0 Å². The number of benzene rings is 5. The Morgan fingerprint density at radius 2 is 1.13 bits per heavy atom. The summed E-state index contributed by atoms with van der Waals surface area (Å²) in [6.07, 6.45) is -4.41. The van der Waals surface area contributed by atoms with E-state index in [4.69, 9.17) is 44.1 Å². The molecule has 0 spiro atoms. The maximum Gasteiger partial charge on any atom is 0.417 e. The quantitative estimate of drug-likeness (QED) is 0.0949. The summed E-state index contributed by atoms with van der Waals surface area (Å²) >= 11 is 12.1. The van der Waals surface area contributed by atoms with Crippen LogP contribution in [0.2, 0.25) is 10.0 Å². The average molecular weight is 790 g/mol. The highest BCUT2D eigenvalue weighted by Crippen LogP contribution is 2.31. The summed E-state index contributed by atoms with van der Waals surface area (Å²) in [5, 5.41) is 8.64. The van der Waals surface area contributed by atoms with Gasteiger partial charge >= 0.3 is 12.3 Å². The number of carbonyl (C=O) groups is 3. The number of nitrogens with two attached hydrogens (primary N) is 2. The highest BCUT2D eigenvalue weighted by molar-refractivity contribution is 6.34. The fourth-order valence-electron chi connectivity index (χ4n) is 4.50. The Balaban J connectivity index is 0.000000211. The van der Waals surface area contributed by atoms with Crippen molar-refractivity contribution in [1.82, 2.24) is 4.98 Å². The van der Waals surface area contributed by atoms with Gasteiger partial charge in [0.05, 0.1) is 27.0 Å². The minimum absolute atomic E-state index is 0.0125. The lowest BCUT2D eigenvalue weighted by Gasteiger charge is -2.10. The van der Waals surface area contributed by atoms with Crippen LogP contribution < -0.4 is 36.9 Å². The molecule has 16 heteroatoms. The number of ether oxygens (including phenoxy) is 2. The van der Waals surface area contributed by atoms with E-state index in [9.17, 15) is 27.6 Å². The Morgan fingerprint density at radius 1 is 0.618 bits per heavy atom. The van der Waals surface area contributed by atoms with Gasteiger partial charge in [-0.2, -0.15) is 13.2 Å². The van der Waals surface area contributed by atoms with Gasteiger partial charge in [0, 0.05) is 40.5 Å². The summed E-state index contributed by atoms with van der Waals surface area (Å²) in [6.45, 7) is 0. The van der Waals surface area contributed by atoms with Gasteiger partial charge in [-0.1, -0.05) is 41.4 Å². The third kappa shape index (κ3) is 11.6. The van der Waals surface area contributed by atoms with E-state index in [0.717, 1.165) is 12.1 Å². The van der Waals surface area contributed by atoms with Crippen LogP contribution in [0.3, 0.4) is 0 Å². The zero-order chi connectivity index (χ0) is 39.5. The second kappa shape index (κ2) is 17.8. The molecule has 7 N–H and O–H groups in total. The molecule has 1 heterocycles. The van der Waals surface area contributed by atoms with Gasteiger partial charge in [0.15, 0.2) is 0 Å². The van der Waals surface area contributed by atoms with Crippen molar-refractivity contribution < 1.29 is 37.0 Å². The predicted molar refractivity (Wildman–Crippen MR) is 206 cm³/mol. The number of nitrogen functional groups attached to an aromatic ring is 2. The van der Waals surface area contributed by atoms with E-state index in [1.54, 1.807) is 84.9 Å². The number of carbonyl (C=O) groups excluding carboxylic acids is 3. The second-order valence-electron chi connectivity index (χ2n) is 11.3. The molecule has 0 unspecified atom stereocenters.